The van der Waals surface area contributed by atoms with Crippen LogP contribution in [0.15, 0.2) is 4.99 Å². The molecule has 90 valence electrons. The number of nitrogens with one attached hydrogen (secondary N) is 1. The number of aliphatic imine (C=N–C) groups is 1. The van der Waals surface area contributed by atoms with Crippen molar-refractivity contribution in [3.05, 3.63) is 0 Å². The molecule has 0 atom stereocenters. The molecule has 0 aliphatic rings. The summed E-state index contributed by atoms with van der Waals surface area (Å²) < 4.78 is 5.49. The molecule has 0 bridgehead atoms. The van der Waals surface area contributed by atoms with Crippen LogP contribution in [0.5, 0.6) is 0 Å². The second-order valence-electron chi connectivity index (χ2n) is 4.44. The molecular weight excluding hydrogens is 206 g/mol. The molecule has 1 N–H and O–H groups in total. The van der Waals surface area contributed by atoms with Gasteiger partial charge in [-0.2, -0.15) is 0 Å². The zero-order chi connectivity index (χ0) is 11.9. The van der Waals surface area contributed by atoms with Crippen molar-refractivity contribution in [1.29, 1.82) is 0 Å². The second kappa shape index (κ2) is 6.84. The lowest BCUT2D eigenvalue weighted by atomic mass is 10.5. The predicted octanol–water partition coefficient (Wildman–Crippen LogP) is 1.36. The summed E-state index contributed by atoms with van der Waals surface area (Å²) >= 11 is 0. The smallest absolute Gasteiger partial charge is 0.193 e. The topological polar surface area (TPSA) is 36.9 Å². The van der Waals surface area contributed by atoms with Crippen molar-refractivity contribution in [2.24, 2.45) is 4.99 Å². The molecule has 5 heteroatoms. The van der Waals surface area contributed by atoms with Gasteiger partial charge in [0, 0.05) is 34.8 Å². The summed E-state index contributed by atoms with van der Waals surface area (Å²) in [6, 6.07) is 1.18. The lowest BCUT2D eigenvalue weighted by Gasteiger charge is -2.21. The van der Waals surface area contributed by atoms with Gasteiger partial charge in [0.25, 0.3) is 0 Å². The zero-order valence-electron chi connectivity index (χ0n) is 10.9. The van der Waals surface area contributed by atoms with Crippen LogP contribution in [-0.2, 0) is 4.43 Å². The van der Waals surface area contributed by atoms with Crippen molar-refractivity contribution in [1.82, 2.24) is 10.2 Å². The molecule has 0 saturated heterocycles. The van der Waals surface area contributed by atoms with Gasteiger partial charge in [0.1, 0.15) is 0 Å². The summed E-state index contributed by atoms with van der Waals surface area (Å²) in [5.41, 5.74) is 0. The highest BCUT2D eigenvalue weighted by Gasteiger charge is 2.19. The molecule has 0 unspecified atom stereocenters. The molecule has 0 fully saturated rings. The third kappa shape index (κ3) is 6.51. The molecule has 4 nitrogen and oxygen atoms in total. The van der Waals surface area contributed by atoms with E-state index in [9.17, 15) is 0 Å². The van der Waals surface area contributed by atoms with Crippen LogP contribution in [0.4, 0.5) is 0 Å². The minimum atomic E-state index is -1.38. The fourth-order valence-corrected chi connectivity index (χ4v) is 2.49. The Morgan fingerprint density at radius 3 is 2.40 bits per heavy atom. The summed E-state index contributed by atoms with van der Waals surface area (Å²) in [7, 11) is 6.22. The Labute approximate surface area is 94.8 Å². The molecule has 0 aromatic carbocycles. The Morgan fingerprint density at radius 1 is 1.40 bits per heavy atom. The van der Waals surface area contributed by atoms with Gasteiger partial charge in [-0.25, -0.2) is 0 Å². The van der Waals surface area contributed by atoms with Gasteiger partial charge in [0.2, 0.25) is 0 Å². The van der Waals surface area contributed by atoms with Crippen molar-refractivity contribution in [2.45, 2.75) is 25.6 Å². The first kappa shape index (κ1) is 14.4. The number of guanidine groups is 1. The van der Waals surface area contributed by atoms with E-state index in [4.69, 9.17) is 4.43 Å². The molecule has 0 aliphatic heterocycles. The maximum absolute atomic E-state index is 5.49. The Morgan fingerprint density at radius 2 is 2.00 bits per heavy atom. The van der Waals surface area contributed by atoms with Crippen LogP contribution in [0.25, 0.3) is 0 Å². The first-order chi connectivity index (χ1) is 6.93. The lowest BCUT2D eigenvalue weighted by Crippen LogP contribution is -2.37. The Hall–Kier alpha value is -0.553. The molecule has 0 rings (SSSR count). The summed E-state index contributed by atoms with van der Waals surface area (Å²) in [4.78, 5) is 6.14. The van der Waals surface area contributed by atoms with Crippen molar-refractivity contribution in [3.8, 4) is 0 Å². The molecule has 0 radical (unpaired) electrons. The quantitative estimate of drug-likeness (QED) is 0.336. The lowest BCUT2D eigenvalue weighted by molar-refractivity contribution is 0.402. The monoisotopic (exact) mass is 231 g/mol. The highest BCUT2D eigenvalue weighted by Crippen LogP contribution is 2.11. The molecule has 0 spiro atoms. The van der Waals surface area contributed by atoms with Gasteiger partial charge in [0.15, 0.2) is 14.3 Å². The van der Waals surface area contributed by atoms with Gasteiger partial charge in [-0.1, -0.05) is 0 Å². The van der Waals surface area contributed by atoms with Crippen LogP contribution in [-0.4, -0.2) is 54.0 Å². The van der Waals surface area contributed by atoms with Crippen LogP contribution in [0.3, 0.4) is 0 Å². The van der Waals surface area contributed by atoms with E-state index >= 15 is 0 Å². The molecular formula is C10H25N3OSi. The summed E-state index contributed by atoms with van der Waals surface area (Å²) in [5.74, 6) is 0.937. The fourth-order valence-electron chi connectivity index (χ4n) is 1.25. The van der Waals surface area contributed by atoms with E-state index in [1.54, 1.807) is 7.05 Å². The minimum absolute atomic E-state index is 0.937. The van der Waals surface area contributed by atoms with Crippen molar-refractivity contribution in [2.75, 3.05) is 34.8 Å². The SMILES string of the molecule is CN=C(NCCC[Si](C)(C)OC)N(C)C. The van der Waals surface area contributed by atoms with E-state index in [0.29, 0.717) is 0 Å². The van der Waals surface area contributed by atoms with Crippen molar-refractivity contribution >= 4 is 14.3 Å². The highest BCUT2D eigenvalue weighted by molar-refractivity contribution is 6.71. The second-order valence-corrected chi connectivity index (χ2v) is 8.86. The third-order valence-corrected chi connectivity index (χ3v) is 5.09. The van der Waals surface area contributed by atoms with Gasteiger partial charge >= 0.3 is 0 Å². The van der Waals surface area contributed by atoms with Crippen molar-refractivity contribution in [3.63, 3.8) is 0 Å². The van der Waals surface area contributed by atoms with Gasteiger partial charge in [-0.15, -0.1) is 0 Å². The van der Waals surface area contributed by atoms with Crippen LogP contribution in [0.1, 0.15) is 6.42 Å². The average Bonchev–Trinajstić information content (AvgIpc) is 2.17. The maximum Gasteiger partial charge on any atom is 0.193 e. The normalized spacial score (nSPS) is 12.8. The van der Waals surface area contributed by atoms with Crippen LogP contribution in [0.2, 0.25) is 19.1 Å². The van der Waals surface area contributed by atoms with Crippen molar-refractivity contribution < 1.29 is 4.43 Å². The van der Waals surface area contributed by atoms with Crippen LogP contribution < -0.4 is 5.32 Å². The predicted molar refractivity (Wildman–Crippen MR) is 69.0 cm³/mol. The zero-order valence-corrected chi connectivity index (χ0v) is 11.9. The maximum atomic E-state index is 5.49. The average molecular weight is 231 g/mol. The Kier molecular flexibility index (Phi) is 6.59. The molecule has 0 amide bonds. The largest absolute Gasteiger partial charge is 0.420 e. The third-order valence-electron chi connectivity index (χ3n) is 2.43. The fraction of sp³-hybridized carbons (Fsp3) is 0.900. The summed E-state index contributed by atoms with van der Waals surface area (Å²) in [5, 5.41) is 3.31. The van der Waals surface area contributed by atoms with E-state index in [-0.39, 0.29) is 0 Å². The molecule has 15 heavy (non-hydrogen) atoms. The number of hydrogen-bond donors (Lipinski definition) is 1. The Bertz CT molecular complexity index is 205. The number of rotatable bonds is 5. The molecule has 0 aliphatic carbocycles. The van der Waals surface area contributed by atoms with Crippen LogP contribution in [0, 0.1) is 0 Å². The standard InChI is InChI=1S/C10H25N3OSi/c1-11-10(13(2)3)12-8-7-9-15(5,6)14-4/h7-9H2,1-6H3,(H,11,12). The number of nitrogens with zero attached hydrogens (tertiary/aromatic N) is 2. The molecule has 0 saturated carbocycles. The van der Waals surface area contributed by atoms with E-state index < -0.39 is 8.32 Å². The van der Waals surface area contributed by atoms with E-state index in [0.717, 1.165) is 18.9 Å². The van der Waals surface area contributed by atoms with Gasteiger partial charge in [-0.3, -0.25) is 4.99 Å². The number of hydrogen-bond acceptors (Lipinski definition) is 2. The first-order valence-corrected chi connectivity index (χ1v) is 8.47. The van der Waals surface area contributed by atoms with Crippen LogP contribution >= 0.6 is 0 Å². The molecule has 0 heterocycles. The summed E-state index contributed by atoms with van der Waals surface area (Å²) in [6.07, 6.45) is 1.14. The summed E-state index contributed by atoms with van der Waals surface area (Å²) in [6.45, 7) is 5.45. The van der Waals surface area contributed by atoms with Gasteiger partial charge in [0.05, 0.1) is 0 Å². The van der Waals surface area contributed by atoms with E-state index in [2.05, 4.69) is 23.4 Å². The Balaban J connectivity index is 3.72. The molecule has 0 aromatic rings. The van der Waals surface area contributed by atoms with E-state index in [1.165, 1.54) is 6.04 Å². The first-order valence-electron chi connectivity index (χ1n) is 5.36. The van der Waals surface area contributed by atoms with E-state index in [1.807, 2.05) is 26.1 Å². The molecule has 0 aromatic heterocycles. The highest BCUT2D eigenvalue weighted by atomic mass is 28.4. The van der Waals surface area contributed by atoms with Gasteiger partial charge in [-0.05, 0) is 25.6 Å². The van der Waals surface area contributed by atoms with Gasteiger partial charge < -0.3 is 14.6 Å². The minimum Gasteiger partial charge on any atom is -0.420 e.